The second-order valence-electron chi connectivity index (χ2n) is 7.36. The Morgan fingerprint density at radius 2 is 2.04 bits per heavy atom. The molecule has 27 heavy (non-hydrogen) atoms. The van der Waals surface area contributed by atoms with E-state index in [0.717, 1.165) is 34.8 Å². The molecule has 3 aromatic heterocycles. The molecule has 0 radical (unpaired) electrons. The highest BCUT2D eigenvalue weighted by Gasteiger charge is 2.31. The van der Waals surface area contributed by atoms with E-state index in [1.165, 1.54) is 0 Å². The second-order valence-corrected chi connectivity index (χ2v) is 7.36. The van der Waals surface area contributed by atoms with E-state index in [1.807, 2.05) is 36.5 Å². The van der Waals surface area contributed by atoms with Gasteiger partial charge in [0.05, 0.1) is 12.7 Å². The monoisotopic (exact) mass is 368 g/mol. The average Bonchev–Trinajstić information content (AvgIpc) is 3.31. The number of nitrogens with zero attached hydrogens (tertiary/aromatic N) is 6. The van der Waals surface area contributed by atoms with Crippen molar-refractivity contribution in [3.8, 4) is 11.6 Å². The van der Waals surface area contributed by atoms with Gasteiger partial charge in [0.2, 0.25) is 5.89 Å². The predicted molar refractivity (Wildman–Crippen MR) is 99.2 cm³/mol. The van der Waals surface area contributed by atoms with Crippen LogP contribution in [0.5, 0.6) is 0 Å². The zero-order chi connectivity index (χ0) is 19.3. The molecule has 0 N–H and O–H groups in total. The smallest absolute Gasteiger partial charge is 0.274 e. The number of fused-ring (bicyclic) bond motifs is 1. The molecule has 0 saturated heterocycles. The first kappa shape index (κ1) is 17.5. The summed E-state index contributed by atoms with van der Waals surface area (Å²) in [6.45, 7) is 9.13. The lowest BCUT2D eigenvalue weighted by Gasteiger charge is -2.27. The second kappa shape index (κ2) is 6.37. The van der Waals surface area contributed by atoms with Crippen LogP contribution in [0.15, 0.2) is 16.7 Å². The number of carbonyl (C=O) groups excluding carboxylic acids is 1. The summed E-state index contributed by atoms with van der Waals surface area (Å²) in [5.41, 5.74) is 4.32. The minimum absolute atomic E-state index is 0.0591. The topological polar surface area (TPSA) is 82.0 Å². The van der Waals surface area contributed by atoms with E-state index in [0.29, 0.717) is 24.7 Å². The molecule has 0 unspecified atom stereocenters. The van der Waals surface area contributed by atoms with E-state index in [-0.39, 0.29) is 11.9 Å². The van der Waals surface area contributed by atoms with Crippen LogP contribution >= 0.6 is 0 Å². The number of hydrogen-bond acceptors (Lipinski definition) is 5. The molecule has 0 aliphatic carbocycles. The molecule has 1 aliphatic rings. The standard InChI is InChI=1S/C19H24N6O2/c1-11(2)25-16-6-7-24(19(26)15-8-12(3)23(5)21-15)10-14(16)17(22-25)18-20-9-13(4)27-18/h8-9,11H,6-7,10H2,1-5H3. The van der Waals surface area contributed by atoms with Crippen molar-refractivity contribution in [2.75, 3.05) is 6.54 Å². The summed E-state index contributed by atoms with van der Waals surface area (Å²) in [4.78, 5) is 19.1. The first-order chi connectivity index (χ1) is 12.8. The number of amides is 1. The number of hydrogen-bond donors (Lipinski definition) is 0. The molecule has 142 valence electrons. The van der Waals surface area contributed by atoms with Gasteiger partial charge in [-0.25, -0.2) is 4.98 Å². The van der Waals surface area contributed by atoms with Crippen molar-refractivity contribution in [1.29, 1.82) is 0 Å². The minimum Gasteiger partial charge on any atom is -0.440 e. The van der Waals surface area contributed by atoms with Crippen LogP contribution in [-0.4, -0.2) is 41.9 Å². The van der Waals surface area contributed by atoms with Crippen LogP contribution in [0, 0.1) is 13.8 Å². The fraction of sp³-hybridized carbons (Fsp3) is 0.474. The third kappa shape index (κ3) is 2.94. The van der Waals surface area contributed by atoms with Crippen molar-refractivity contribution in [3.63, 3.8) is 0 Å². The molecule has 0 bridgehead atoms. The maximum absolute atomic E-state index is 13.0. The fourth-order valence-corrected chi connectivity index (χ4v) is 3.51. The fourth-order valence-electron chi connectivity index (χ4n) is 3.51. The normalized spacial score (nSPS) is 14.1. The Hall–Kier alpha value is -2.90. The quantitative estimate of drug-likeness (QED) is 0.710. The Labute approximate surface area is 157 Å². The van der Waals surface area contributed by atoms with Crippen LogP contribution in [0.1, 0.15) is 53.1 Å². The zero-order valence-corrected chi connectivity index (χ0v) is 16.4. The molecule has 0 fully saturated rings. The van der Waals surface area contributed by atoms with Gasteiger partial charge in [0.1, 0.15) is 5.76 Å². The van der Waals surface area contributed by atoms with Crippen molar-refractivity contribution < 1.29 is 9.21 Å². The molecule has 4 heterocycles. The van der Waals surface area contributed by atoms with Crippen LogP contribution in [0.25, 0.3) is 11.6 Å². The summed E-state index contributed by atoms with van der Waals surface area (Å²) in [6, 6.07) is 2.05. The largest absolute Gasteiger partial charge is 0.440 e. The third-order valence-electron chi connectivity index (χ3n) is 5.02. The van der Waals surface area contributed by atoms with Crippen LogP contribution in [-0.2, 0) is 20.0 Å². The highest BCUT2D eigenvalue weighted by molar-refractivity contribution is 5.92. The number of oxazole rings is 1. The molecule has 1 amide bonds. The minimum atomic E-state index is -0.0591. The Morgan fingerprint density at radius 1 is 1.26 bits per heavy atom. The number of rotatable bonds is 3. The van der Waals surface area contributed by atoms with Gasteiger partial charge in [-0.3, -0.25) is 14.2 Å². The summed E-state index contributed by atoms with van der Waals surface area (Å²) in [5.74, 6) is 1.19. The zero-order valence-electron chi connectivity index (χ0n) is 16.4. The van der Waals surface area contributed by atoms with Crippen LogP contribution in [0.4, 0.5) is 0 Å². The van der Waals surface area contributed by atoms with Crippen LogP contribution in [0.2, 0.25) is 0 Å². The summed E-state index contributed by atoms with van der Waals surface area (Å²) in [6.07, 6.45) is 2.44. The molecule has 8 nitrogen and oxygen atoms in total. The molecular weight excluding hydrogens is 344 g/mol. The lowest BCUT2D eigenvalue weighted by molar-refractivity contribution is 0.0726. The molecule has 0 atom stereocenters. The van der Waals surface area contributed by atoms with E-state index in [1.54, 1.807) is 10.9 Å². The first-order valence-electron chi connectivity index (χ1n) is 9.18. The van der Waals surface area contributed by atoms with Gasteiger partial charge in [0.15, 0.2) is 11.4 Å². The van der Waals surface area contributed by atoms with Crippen molar-refractivity contribution >= 4 is 5.91 Å². The van der Waals surface area contributed by atoms with E-state index >= 15 is 0 Å². The molecule has 1 aliphatic heterocycles. The van der Waals surface area contributed by atoms with Gasteiger partial charge < -0.3 is 9.32 Å². The summed E-state index contributed by atoms with van der Waals surface area (Å²) >= 11 is 0. The maximum Gasteiger partial charge on any atom is 0.274 e. The van der Waals surface area contributed by atoms with Crippen molar-refractivity contribution in [1.82, 2.24) is 29.4 Å². The van der Waals surface area contributed by atoms with E-state index in [2.05, 4.69) is 23.9 Å². The molecule has 3 aromatic rings. The average molecular weight is 368 g/mol. The Balaban J connectivity index is 1.71. The van der Waals surface area contributed by atoms with Crippen LogP contribution in [0.3, 0.4) is 0 Å². The van der Waals surface area contributed by atoms with Gasteiger partial charge in [0, 0.05) is 43.0 Å². The lowest BCUT2D eigenvalue weighted by Crippen LogP contribution is -2.36. The SMILES string of the molecule is Cc1cnc(-c2nn(C(C)C)c3c2CN(C(=O)c2cc(C)n(C)n2)CC3)o1. The van der Waals surface area contributed by atoms with Gasteiger partial charge in [-0.1, -0.05) is 0 Å². The van der Waals surface area contributed by atoms with Gasteiger partial charge in [0.25, 0.3) is 5.91 Å². The third-order valence-corrected chi connectivity index (χ3v) is 5.02. The lowest BCUT2D eigenvalue weighted by atomic mass is 10.0. The van der Waals surface area contributed by atoms with Crippen molar-refractivity contribution in [3.05, 3.63) is 40.7 Å². The Morgan fingerprint density at radius 3 is 2.63 bits per heavy atom. The molecule has 0 aromatic carbocycles. The molecule has 4 rings (SSSR count). The van der Waals surface area contributed by atoms with Crippen molar-refractivity contribution in [2.24, 2.45) is 7.05 Å². The van der Waals surface area contributed by atoms with Crippen molar-refractivity contribution in [2.45, 2.75) is 46.7 Å². The summed E-state index contributed by atoms with van der Waals surface area (Å²) < 4.78 is 9.47. The van der Waals surface area contributed by atoms with E-state index in [4.69, 9.17) is 9.52 Å². The van der Waals surface area contributed by atoms with Crippen LogP contribution < -0.4 is 0 Å². The molecular formula is C19H24N6O2. The molecule has 0 saturated carbocycles. The molecule has 0 spiro atoms. The number of aromatic nitrogens is 5. The van der Waals surface area contributed by atoms with Gasteiger partial charge >= 0.3 is 0 Å². The Bertz CT molecular complexity index is 990. The maximum atomic E-state index is 13.0. The van der Waals surface area contributed by atoms with E-state index < -0.39 is 0 Å². The van der Waals surface area contributed by atoms with E-state index in [9.17, 15) is 4.79 Å². The predicted octanol–water partition coefficient (Wildman–Crippen LogP) is 2.67. The Kier molecular flexibility index (Phi) is 4.13. The number of carbonyl (C=O) groups is 1. The highest BCUT2D eigenvalue weighted by atomic mass is 16.4. The number of aryl methyl sites for hydroxylation is 3. The van der Waals surface area contributed by atoms with Gasteiger partial charge in [-0.05, 0) is 33.8 Å². The molecule has 8 heteroatoms. The summed E-state index contributed by atoms with van der Waals surface area (Å²) in [7, 11) is 1.84. The van der Waals surface area contributed by atoms with Gasteiger partial charge in [-0.2, -0.15) is 10.2 Å². The summed E-state index contributed by atoms with van der Waals surface area (Å²) in [5, 5.41) is 9.09. The van der Waals surface area contributed by atoms with Gasteiger partial charge in [-0.15, -0.1) is 0 Å². The first-order valence-corrected chi connectivity index (χ1v) is 9.18. The highest BCUT2D eigenvalue weighted by Crippen LogP contribution is 2.32.